The highest BCUT2D eigenvalue weighted by Crippen LogP contribution is 2.47. The molecule has 0 radical (unpaired) electrons. The lowest BCUT2D eigenvalue weighted by Gasteiger charge is -2.40. The Labute approximate surface area is 135 Å². The maximum absolute atomic E-state index is 5.87. The molecule has 22 heavy (non-hydrogen) atoms. The molecule has 0 atom stereocenters. The largest absolute Gasteiger partial charge is 0.497 e. The van der Waals surface area contributed by atoms with Crippen LogP contribution in [0.3, 0.4) is 0 Å². The maximum atomic E-state index is 5.87. The van der Waals surface area contributed by atoms with Crippen molar-refractivity contribution in [2.24, 2.45) is 0 Å². The number of hydrogen-bond acceptors (Lipinski definition) is 2. The summed E-state index contributed by atoms with van der Waals surface area (Å²) in [6, 6.07) is 8.18. The SMILES string of the molecule is COc1ccc(COCCCB2C3CCCC2CCC3)cc1. The summed E-state index contributed by atoms with van der Waals surface area (Å²) in [6.45, 7) is 2.64. The number of benzene rings is 1. The lowest BCUT2D eigenvalue weighted by atomic mass is 9.26. The second kappa shape index (κ2) is 8.05. The lowest BCUT2D eigenvalue weighted by Crippen LogP contribution is -2.34. The lowest BCUT2D eigenvalue weighted by molar-refractivity contribution is 0.121. The summed E-state index contributed by atoms with van der Waals surface area (Å²) in [4.78, 5) is 0. The Hall–Kier alpha value is -0.955. The molecule has 0 aliphatic carbocycles. The van der Waals surface area contributed by atoms with Crippen molar-refractivity contribution in [3.05, 3.63) is 29.8 Å². The van der Waals surface area contributed by atoms with Gasteiger partial charge in [-0.3, -0.25) is 0 Å². The van der Waals surface area contributed by atoms with Crippen LogP contribution in [0.5, 0.6) is 5.75 Å². The molecule has 0 saturated carbocycles. The van der Waals surface area contributed by atoms with E-state index >= 15 is 0 Å². The highest BCUT2D eigenvalue weighted by molar-refractivity contribution is 6.62. The molecule has 0 unspecified atom stereocenters. The molecular weight excluding hydrogens is 271 g/mol. The van der Waals surface area contributed by atoms with Crippen LogP contribution >= 0.6 is 0 Å². The molecule has 2 heterocycles. The van der Waals surface area contributed by atoms with Crippen LogP contribution in [0.15, 0.2) is 24.3 Å². The first-order valence-corrected chi connectivity index (χ1v) is 9.07. The molecule has 2 aliphatic rings. The quantitative estimate of drug-likeness (QED) is 0.508. The molecule has 2 bridgehead atoms. The third-order valence-electron chi connectivity index (χ3n) is 5.76. The van der Waals surface area contributed by atoms with Crippen molar-refractivity contribution in [1.29, 1.82) is 0 Å². The first-order valence-electron chi connectivity index (χ1n) is 9.07. The van der Waals surface area contributed by atoms with Gasteiger partial charge in [-0.2, -0.15) is 0 Å². The van der Waals surface area contributed by atoms with Gasteiger partial charge in [-0.05, 0) is 24.1 Å². The molecule has 1 aromatic rings. The summed E-state index contributed by atoms with van der Waals surface area (Å²) >= 11 is 0. The predicted molar refractivity (Wildman–Crippen MR) is 93.0 cm³/mol. The molecule has 0 aromatic heterocycles. The number of fused-ring (bicyclic) bond motifs is 2. The molecule has 2 nitrogen and oxygen atoms in total. The Morgan fingerprint density at radius 2 is 1.64 bits per heavy atom. The molecule has 1 aromatic carbocycles. The molecule has 3 rings (SSSR count). The van der Waals surface area contributed by atoms with E-state index in [1.165, 1.54) is 56.8 Å². The van der Waals surface area contributed by atoms with Gasteiger partial charge >= 0.3 is 0 Å². The second-order valence-corrected chi connectivity index (χ2v) is 7.09. The van der Waals surface area contributed by atoms with Gasteiger partial charge in [0, 0.05) is 6.61 Å². The van der Waals surface area contributed by atoms with E-state index in [2.05, 4.69) is 12.1 Å². The fourth-order valence-corrected chi connectivity index (χ4v) is 4.62. The fourth-order valence-electron chi connectivity index (χ4n) is 4.62. The zero-order valence-electron chi connectivity index (χ0n) is 13.9. The summed E-state index contributed by atoms with van der Waals surface area (Å²) in [5, 5.41) is 0. The number of methoxy groups -OCH3 is 1. The zero-order valence-corrected chi connectivity index (χ0v) is 13.9. The molecule has 0 N–H and O–H groups in total. The van der Waals surface area contributed by atoms with Gasteiger partial charge < -0.3 is 9.47 Å². The first-order chi connectivity index (χ1) is 10.9. The number of ether oxygens (including phenoxy) is 2. The molecule has 3 heteroatoms. The maximum Gasteiger partial charge on any atom is 0.146 e. The van der Waals surface area contributed by atoms with E-state index in [-0.39, 0.29) is 0 Å². The summed E-state index contributed by atoms with van der Waals surface area (Å²) in [5.41, 5.74) is 1.23. The van der Waals surface area contributed by atoms with Crippen LogP contribution in [-0.2, 0) is 11.3 Å². The van der Waals surface area contributed by atoms with Gasteiger partial charge in [-0.1, -0.05) is 68.6 Å². The van der Waals surface area contributed by atoms with Crippen LogP contribution in [0.4, 0.5) is 0 Å². The van der Waals surface area contributed by atoms with E-state index in [1.807, 2.05) is 12.1 Å². The van der Waals surface area contributed by atoms with Crippen molar-refractivity contribution < 1.29 is 9.47 Å². The van der Waals surface area contributed by atoms with Crippen molar-refractivity contribution in [2.75, 3.05) is 13.7 Å². The standard InChI is InChI=1S/C19H29BO2/c1-21-19-11-9-16(10-12-19)15-22-14-4-13-20-17-5-2-6-18(20)8-3-7-17/h9-12,17-18H,2-8,13-15H2,1H3. The van der Waals surface area contributed by atoms with Gasteiger partial charge in [0.25, 0.3) is 0 Å². The number of hydrogen-bond donors (Lipinski definition) is 0. The van der Waals surface area contributed by atoms with E-state index in [1.54, 1.807) is 7.11 Å². The van der Waals surface area contributed by atoms with Crippen molar-refractivity contribution in [1.82, 2.24) is 0 Å². The zero-order chi connectivity index (χ0) is 15.2. The van der Waals surface area contributed by atoms with Gasteiger partial charge in [-0.25, -0.2) is 0 Å². The Morgan fingerprint density at radius 3 is 2.23 bits per heavy atom. The van der Waals surface area contributed by atoms with Crippen LogP contribution in [0.1, 0.15) is 50.5 Å². The van der Waals surface area contributed by atoms with Crippen molar-refractivity contribution in [3.63, 3.8) is 0 Å². The fraction of sp³-hybridized carbons (Fsp3) is 0.684. The number of rotatable bonds is 7. The summed E-state index contributed by atoms with van der Waals surface area (Å²) < 4.78 is 11.0. The third kappa shape index (κ3) is 4.07. The van der Waals surface area contributed by atoms with Gasteiger partial charge in [0.1, 0.15) is 12.5 Å². The molecule has 2 aliphatic heterocycles. The van der Waals surface area contributed by atoms with Crippen LogP contribution in [0, 0.1) is 0 Å². The summed E-state index contributed by atoms with van der Waals surface area (Å²) in [5.74, 6) is 2.98. The Morgan fingerprint density at radius 1 is 1.00 bits per heavy atom. The normalized spacial score (nSPS) is 24.3. The van der Waals surface area contributed by atoms with Crippen LogP contribution in [0.2, 0.25) is 18.0 Å². The van der Waals surface area contributed by atoms with Crippen LogP contribution < -0.4 is 4.74 Å². The Balaban J connectivity index is 1.35. The minimum absolute atomic E-state index is 0.724. The molecule has 0 spiro atoms. The molecule has 120 valence electrons. The third-order valence-corrected chi connectivity index (χ3v) is 5.76. The average Bonchev–Trinajstić information content (AvgIpc) is 2.55. The van der Waals surface area contributed by atoms with Crippen LogP contribution in [-0.4, -0.2) is 20.4 Å². The first kappa shape index (κ1) is 15.9. The van der Waals surface area contributed by atoms with Gasteiger partial charge in [0.05, 0.1) is 13.7 Å². The van der Waals surface area contributed by atoms with Crippen molar-refractivity contribution in [3.8, 4) is 5.75 Å². The van der Waals surface area contributed by atoms with Crippen molar-refractivity contribution >= 4 is 6.71 Å². The molecular formula is C19H29BO2. The second-order valence-electron chi connectivity index (χ2n) is 7.09. The minimum atomic E-state index is 0.724. The smallest absolute Gasteiger partial charge is 0.146 e. The van der Waals surface area contributed by atoms with Gasteiger partial charge in [-0.15, -0.1) is 0 Å². The van der Waals surface area contributed by atoms with E-state index in [0.29, 0.717) is 0 Å². The van der Waals surface area contributed by atoms with Crippen LogP contribution in [0.25, 0.3) is 0 Å². The summed E-state index contributed by atoms with van der Waals surface area (Å²) in [6.07, 6.45) is 11.6. The van der Waals surface area contributed by atoms with E-state index < -0.39 is 0 Å². The summed E-state index contributed by atoms with van der Waals surface area (Å²) in [7, 11) is 1.70. The Bertz CT molecular complexity index is 423. The predicted octanol–water partition coefficient (Wildman–Crippen LogP) is 5.20. The topological polar surface area (TPSA) is 18.5 Å². The van der Waals surface area contributed by atoms with Gasteiger partial charge in [0.2, 0.25) is 0 Å². The monoisotopic (exact) mass is 300 g/mol. The van der Waals surface area contributed by atoms with Crippen molar-refractivity contribution in [2.45, 2.75) is 69.5 Å². The highest BCUT2D eigenvalue weighted by Gasteiger charge is 2.38. The molecule has 2 saturated heterocycles. The van der Waals surface area contributed by atoms with E-state index in [0.717, 1.165) is 37.3 Å². The Kier molecular flexibility index (Phi) is 5.83. The van der Waals surface area contributed by atoms with E-state index in [4.69, 9.17) is 9.47 Å². The minimum Gasteiger partial charge on any atom is -0.497 e. The highest BCUT2D eigenvalue weighted by atomic mass is 16.5. The van der Waals surface area contributed by atoms with E-state index in [9.17, 15) is 0 Å². The average molecular weight is 300 g/mol. The molecule has 0 amide bonds. The molecule has 2 fully saturated rings. The van der Waals surface area contributed by atoms with Gasteiger partial charge in [0.15, 0.2) is 0 Å².